The predicted octanol–water partition coefficient (Wildman–Crippen LogP) is 0.903. The van der Waals surface area contributed by atoms with Crippen molar-refractivity contribution in [3.05, 3.63) is 29.8 Å². The molecule has 0 radical (unpaired) electrons. The van der Waals surface area contributed by atoms with E-state index in [0.29, 0.717) is 0 Å². The third-order valence-corrected chi connectivity index (χ3v) is 2.84. The molecule has 1 aromatic carbocycles. The fourth-order valence-electron chi connectivity index (χ4n) is 1.94. The Balaban J connectivity index is 2.17. The minimum atomic E-state index is -0.213. The number of nitriles is 1. The van der Waals surface area contributed by atoms with Gasteiger partial charge in [0.1, 0.15) is 11.8 Å². The molecule has 0 spiro atoms. The van der Waals surface area contributed by atoms with Gasteiger partial charge in [-0.25, -0.2) is 0 Å². The van der Waals surface area contributed by atoms with Crippen molar-refractivity contribution >= 4 is 0 Å². The highest BCUT2D eigenvalue weighted by molar-refractivity contribution is 5.33. The molecule has 2 N–H and O–H groups in total. The van der Waals surface area contributed by atoms with Crippen molar-refractivity contribution in [2.24, 2.45) is 5.73 Å². The second-order valence-corrected chi connectivity index (χ2v) is 4.02. The van der Waals surface area contributed by atoms with Gasteiger partial charge in [0.15, 0.2) is 0 Å². The van der Waals surface area contributed by atoms with Crippen molar-refractivity contribution in [2.75, 3.05) is 20.2 Å². The Bertz CT molecular complexity index is 407. The highest BCUT2D eigenvalue weighted by atomic mass is 16.5. The molecule has 16 heavy (non-hydrogen) atoms. The van der Waals surface area contributed by atoms with Crippen LogP contribution in [0.15, 0.2) is 24.3 Å². The summed E-state index contributed by atoms with van der Waals surface area (Å²) in [5.74, 6) is 0.780. The van der Waals surface area contributed by atoms with Crippen molar-refractivity contribution in [3.8, 4) is 11.8 Å². The minimum Gasteiger partial charge on any atom is -0.497 e. The van der Waals surface area contributed by atoms with Gasteiger partial charge in [0.05, 0.1) is 13.2 Å². The first kappa shape index (κ1) is 10.9. The van der Waals surface area contributed by atoms with Gasteiger partial charge in [-0.15, -0.1) is 0 Å². The van der Waals surface area contributed by atoms with Crippen molar-refractivity contribution in [1.29, 1.82) is 5.26 Å². The second-order valence-electron chi connectivity index (χ2n) is 4.02. The quantitative estimate of drug-likeness (QED) is 0.817. The molecule has 1 heterocycles. The lowest BCUT2D eigenvalue weighted by Crippen LogP contribution is -2.56. The van der Waals surface area contributed by atoms with Crippen LogP contribution in [0.1, 0.15) is 11.6 Å². The summed E-state index contributed by atoms with van der Waals surface area (Å²) in [4.78, 5) is 2.07. The van der Waals surface area contributed by atoms with Crippen LogP contribution in [0.5, 0.6) is 5.75 Å². The molecule has 0 bridgehead atoms. The number of ether oxygens (including phenoxy) is 1. The maximum atomic E-state index is 9.19. The minimum absolute atomic E-state index is 0.210. The number of nitrogens with zero attached hydrogens (tertiary/aromatic N) is 2. The zero-order valence-electron chi connectivity index (χ0n) is 9.26. The number of benzene rings is 1. The van der Waals surface area contributed by atoms with Gasteiger partial charge in [0.2, 0.25) is 0 Å². The van der Waals surface area contributed by atoms with E-state index in [-0.39, 0.29) is 12.1 Å². The maximum absolute atomic E-state index is 9.19. The average Bonchev–Trinajstić information content (AvgIpc) is 2.28. The number of likely N-dealkylation sites (tertiary alicyclic amines) is 1. The van der Waals surface area contributed by atoms with Crippen LogP contribution >= 0.6 is 0 Å². The van der Waals surface area contributed by atoms with Crippen LogP contribution in [0, 0.1) is 11.3 Å². The van der Waals surface area contributed by atoms with Crippen LogP contribution in [0.25, 0.3) is 0 Å². The Labute approximate surface area is 95.2 Å². The molecule has 4 heteroatoms. The van der Waals surface area contributed by atoms with E-state index in [1.54, 1.807) is 7.11 Å². The molecule has 1 aliphatic rings. The van der Waals surface area contributed by atoms with Crippen molar-refractivity contribution < 1.29 is 4.74 Å². The number of nitrogens with two attached hydrogens (primary N) is 1. The second kappa shape index (κ2) is 4.52. The summed E-state index contributed by atoms with van der Waals surface area (Å²) in [6.07, 6.45) is 0. The van der Waals surface area contributed by atoms with Crippen LogP contribution in [0.2, 0.25) is 0 Å². The summed E-state index contributed by atoms with van der Waals surface area (Å²) >= 11 is 0. The molecular weight excluding hydrogens is 202 g/mol. The van der Waals surface area contributed by atoms with Crippen molar-refractivity contribution in [1.82, 2.24) is 4.90 Å². The number of hydrogen-bond donors (Lipinski definition) is 1. The first-order chi connectivity index (χ1) is 7.74. The van der Waals surface area contributed by atoms with Crippen LogP contribution in [-0.2, 0) is 0 Å². The molecule has 1 fully saturated rings. The van der Waals surface area contributed by atoms with E-state index in [1.165, 1.54) is 0 Å². The lowest BCUT2D eigenvalue weighted by molar-refractivity contribution is 0.121. The highest BCUT2D eigenvalue weighted by Gasteiger charge is 2.30. The Hall–Kier alpha value is -1.57. The van der Waals surface area contributed by atoms with Crippen LogP contribution in [0.4, 0.5) is 0 Å². The zero-order chi connectivity index (χ0) is 11.5. The highest BCUT2D eigenvalue weighted by Crippen LogP contribution is 2.26. The molecule has 1 atom stereocenters. The van der Waals surface area contributed by atoms with E-state index < -0.39 is 0 Å². The fourth-order valence-corrected chi connectivity index (χ4v) is 1.94. The molecule has 1 aromatic rings. The third kappa shape index (κ3) is 2.01. The standard InChI is InChI=1S/C12H15N3O/c1-16-11-4-2-3-9(5-11)12(6-13)15-7-10(14)8-15/h2-5,10,12H,7-8,14H2,1H3. The largest absolute Gasteiger partial charge is 0.497 e. The molecule has 0 aromatic heterocycles. The first-order valence-corrected chi connectivity index (χ1v) is 5.28. The Morgan fingerprint density at radius 3 is 2.88 bits per heavy atom. The Kier molecular flexibility index (Phi) is 3.09. The summed E-state index contributed by atoms with van der Waals surface area (Å²) in [7, 11) is 1.63. The molecule has 1 unspecified atom stereocenters. The average molecular weight is 217 g/mol. The van der Waals surface area contributed by atoms with Crippen LogP contribution < -0.4 is 10.5 Å². The van der Waals surface area contributed by atoms with Crippen molar-refractivity contribution in [2.45, 2.75) is 12.1 Å². The third-order valence-electron chi connectivity index (χ3n) is 2.84. The number of methoxy groups -OCH3 is 1. The van der Waals surface area contributed by atoms with Crippen LogP contribution in [0.3, 0.4) is 0 Å². The van der Waals surface area contributed by atoms with Crippen molar-refractivity contribution in [3.63, 3.8) is 0 Å². The van der Waals surface area contributed by atoms with Crippen LogP contribution in [-0.4, -0.2) is 31.1 Å². The predicted molar refractivity (Wildman–Crippen MR) is 60.9 cm³/mol. The number of rotatable bonds is 3. The van der Waals surface area contributed by atoms with E-state index in [9.17, 15) is 5.26 Å². The molecule has 0 amide bonds. The Morgan fingerprint density at radius 1 is 1.56 bits per heavy atom. The van der Waals surface area contributed by atoms with E-state index in [2.05, 4.69) is 11.0 Å². The zero-order valence-corrected chi connectivity index (χ0v) is 9.26. The first-order valence-electron chi connectivity index (χ1n) is 5.28. The summed E-state index contributed by atoms with van der Waals surface area (Å²) in [5.41, 5.74) is 6.69. The SMILES string of the molecule is COc1cccc(C(C#N)N2CC(N)C2)c1. The van der Waals surface area contributed by atoms with E-state index >= 15 is 0 Å². The van der Waals surface area contributed by atoms with Gasteiger partial charge in [-0.2, -0.15) is 5.26 Å². The molecule has 2 rings (SSSR count). The van der Waals surface area contributed by atoms with Gasteiger partial charge < -0.3 is 10.5 Å². The molecule has 0 aliphatic carbocycles. The molecule has 4 nitrogen and oxygen atoms in total. The fraction of sp³-hybridized carbons (Fsp3) is 0.417. The molecule has 84 valence electrons. The molecule has 0 saturated carbocycles. The topological polar surface area (TPSA) is 62.3 Å². The van der Waals surface area contributed by atoms with Gasteiger partial charge in [-0.3, -0.25) is 4.90 Å². The number of hydrogen-bond acceptors (Lipinski definition) is 4. The lowest BCUT2D eigenvalue weighted by atomic mass is 10.0. The molecule has 1 saturated heterocycles. The Morgan fingerprint density at radius 2 is 2.31 bits per heavy atom. The summed E-state index contributed by atoms with van der Waals surface area (Å²) < 4.78 is 5.15. The van der Waals surface area contributed by atoms with Gasteiger partial charge in [0.25, 0.3) is 0 Å². The van der Waals surface area contributed by atoms with Gasteiger partial charge in [-0.05, 0) is 17.7 Å². The molecular formula is C12H15N3O. The maximum Gasteiger partial charge on any atom is 0.124 e. The summed E-state index contributed by atoms with van der Waals surface area (Å²) in [6.45, 7) is 1.57. The summed E-state index contributed by atoms with van der Waals surface area (Å²) in [6, 6.07) is 9.92. The smallest absolute Gasteiger partial charge is 0.124 e. The van der Waals surface area contributed by atoms with Gasteiger partial charge in [0, 0.05) is 19.1 Å². The normalized spacial score (nSPS) is 18.6. The van der Waals surface area contributed by atoms with Gasteiger partial charge in [-0.1, -0.05) is 12.1 Å². The van der Waals surface area contributed by atoms with E-state index in [1.807, 2.05) is 24.3 Å². The summed E-state index contributed by atoms with van der Waals surface area (Å²) in [5, 5.41) is 9.19. The van der Waals surface area contributed by atoms with Gasteiger partial charge >= 0.3 is 0 Å². The molecule has 1 aliphatic heterocycles. The van der Waals surface area contributed by atoms with E-state index in [0.717, 1.165) is 24.4 Å². The monoisotopic (exact) mass is 217 g/mol. The lowest BCUT2D eigenvalue weighted by Gasteiger charge is -2.39. The van der Waals surface area contributed by atoms with E-state index in [4.69, 9.17) is 10.5 Å².